The largest absolute Gasteiger partial charge is 0.440 e. The highest BCUT2D eigenvalue weighted by Gasteiger charge is 2.22. The molecule has 2 heterocycles. The summed E-state index contributed by atoms with van der Waals surface area (Å²) in [6.07, 6.45) is -0.885. The highest BCUT2D eigenvalue weighted by molar-refractivity contribution is 7.17. The van der Waals surface area contributed by atoms with Gasteiger partial charge in [-0.15, -0.1) is 10.2 Å². The van der Waals surface area contributed by atoms with E-state index in [1.165, 1.54) is 11.3 Å². The third-order valence-electron chi connectivity index (χ3n) is 4.23. The molecule has 2 aromatic heterocycles. The Morgan fingerprint density at radius 2 is 1.74 bits per heavy atom. The maximum Gasteiger partial charge on any atom is 0.412 e. The van der Waals surface area contributed by atoms with Crippen molar-refractivity contribution < 1.29 is 9.53 Å². The molecule has 4 aromatic rings. The second-order valence-electron chi connectivity index (χ2n) is 6.10. The maximum atomic E-state index is 12.2. The fraction of sp³-hybridized carbons (Fsp3) is 0.150. The van der Waals surface area contributed by atoms with Crippen LogP contribution >= 0.6 is 11.3 Å². The van der Waals surface area contributed by atoms with Crippen molar-refractivity contribution in [2.75, 3.05) is 5.32 Å². The maximum absolute atomic E-state index is 12.2. The van der Waals surface area contributed by atoms with Crippen molar-refractivity contribution in [2.24, 2.45) is 0 Å². The first-order chi connectivity index (χ1) is 13.1. The predicted molar refractivity (Wildman–Crippen MR) is 106 cm³/mol. The van der Waals surface area contributed by atoms with E-state index in [-0.39, 0.29) is 0 Å². The van der Waals surface area contributed by atoms with Crippen molar-refractivity contribution in [3.8, 4) is 11.4 Å². The van der Waals surface area contributed by atoms with Gasteiger partial charge in [0.2, 0.25) is 4.96 Å². The molecule has 1 atom stereocenters. The summed E-state index contributed by atoms with van der Waals surface area (Å²) in [5.74, 6) is 0.784. The van der Waals surface area contributed by atoms with E-state index in [2.05, 4.69) is 15.5 Å². The Morgan fingerprint density at radius 1 is 1.07 bits per heavy atom. The number of hydrogen-bond acceptors (Lipinski definition) is 5. The monoisotopic (exact) mass is 378 g/mol. The third kappa shape index (κ3) is 3.41. The molecule has 0 saturated carbocycles. The van der Waals surface area contributed by atoms with Crippen molar-refractivity contribution in [2.45, 2.75) is 20.0 Å². The van der Waals surface area contributed by atoms with Crippen molar-refractivity contribution in [1.29, 1.82) is 0 Å². The summed E-state index contributed by atoms with van der Waals surface area (Å²) in [6, 6.07) is 19.1. The molecule has 0 radical (unpaired) electrons. The number of carbonyl (C=O) groups is 1. The minimum atomic E-state index is -0.486. The molecule has 7 heteroatoms. The number of anilines is 1. The number of benzene rings is 2. The average Bonchev–Trinajstić information content (AvgIpc) is 3.24. The van der Waals surface area contributed by atoms with Gasteiger partial charge in [0, 0.05) is 16.9 Å². The van der Waals surface area contributed by atoms with Gasteiger partial charge in [0.25, 0.3) is 0 Å². The molecular weight excluding hydrogens is 360 g/mol. The Labute approximate surface area is 160 Å². The van der Waals surface area contributed by atoms with Gasteiger partial charge in [0.15, 0.2) is 5.82 Å². The summed E-state index contributed by atoms with van der Waals surface area (Å²) in [5, 5.41) is 11.3. The molecule has 6 nitrogen and oxygen atoms in total. The van der Waals surface area contributed by atoms with Gasteiger partial charge in [-0.3, -0.25) is 9.72 Å². The number of hydrogen-bond donors (Lipinski definition) is 1. The van der Waals surface area contributed by atoms with Crippen LogP contribution in [0.5, 0.6) is 0 Å². The lowest BCUT2D eigenvalue weighted by molar-refractivity contribution is 0.122. The molecule has 1 unspecified atom stereocenters. The van der Waals surface area contributed by atoms with Crippen LogP contribution < -0.4 is 5.32 Å². The number of thiazole rings is 1. The predicted octanol–water partition coefficient (Wildman–Crippen LogP) is 5.08. The molecule has 0 fully saturated rings. The lowest BCUT2D eigenvalue weighted by atomic mass is 10.2. The summed E-state index contributed by atoms with van der Waals surface area (Å²) in [6.45, 7) is 3.85. The van der Waals surface area contributed by atoms with E-state index in [0.717, 1.165) is 26.9 Å². The zero-order valence-electron chi connectivity index (χ0n) is 14.9. The van der Waals surface area contributed by atoms with E-state index in [4.69, 9.17) is 4.74 Å². The van der Waals surface area contributed by atoms with Crippen molar-refractivity contribution in [3.63, 3.8) is 0 Å². The van der Waals surface area contributed by atoms with Gasteiger partial charge >= 0.3 is 6.09 Å². The Hall–Kier alpha value is -3.19. The van der Waals surface area contributed by atoms with Crippen molar-refractivity contribution in [1.82, 2.24) is 14.6 Å². The summed E-state index contributed by atoms with van der Waals surface area (Å²) in [4.78, 5) is 13.9. The van der Waals surface area contributed by atoms with Crippen LogP contribution in [0.1, 0.15) is 23.6 Å². The van der Waals surface area contributed by atoms with Crippen LogP contribution in [0.25, 0.3) is 16.3 Å². The number of carbonyl (C=O) groups excluding carboxylic acids is 1. The summed E-state index contributed by atoms with van der Waals surface area (Å²) < 4.78 is 7.57. The molecule has 2 aromatic carbocycles. The Balaban J connectivity index is 1.57. The topological polar surface area (TPSA) is 68.5 Å². The van der Waals surface area contributed by atoms with Crippen LogP contribution in [0.3, 0.4) is 0 Å². The Kier molecular flexibility index (Phi) is 4.60. The van der Waals surface area contributed by atoms with Crippen molar-refractivity contribution in [3.05, 3.63) is 71.2 Å². The number of para-hydroxylation sites is 1. The zero-order valence-corrected chi connectivity index (χ0v) is 15.7. The normalized spacial score (nSPS) is 12.1. The second-order valence-corrected chi connectivity index (χ2v) is 7.11. The molecule has 1 amide bonds. The molecule has 0 spiro atoms. The zero-order chi connectivity index (χ0) is 18.8. The Bertz CT molecular complexity index is 1070. The van der Waals surface area contributed by atoms with Gasteiger partial charge < -0.3 is 4.74 Å². The fourth-order valence-electron chi connectivity index (χ4n) is 2.96. The van der Waals surface area contributed by atoms with Gasteiger partial charge in [-0.1, -0.05) is 59.9 Å². The van der Waals surface area contributed by atoms with Crippen molar-refractivity contribution >= 4 is 28.1 Å². The van der Waals surface area contributed by atoms with E-state index in [1.807, 2.05) is 78.9 Å². The number of nitrogens with zero attached hydrogens (tertiary/aromatic N) is 3. The van der Waals surface area contributed by atoms with Gasteiger partial charge in [0.05, 0.1) is 4.88 Å². The molecular formula is C20H18N4O2S. The molecule has 0 saturated heterocycles. The number of ether oxygens (including phenoxy) is 1. The molecule has 27 heavy (non-hydrogen) atoms. The highest BCUT2D eigenvalue weighted by Crippen LogP contribution is 2.33. The number of nitrogens with one attached hydrogen (secondary N) is 1. The van der Waals surface area contributed by atoms with E-state index in [0.29, 0.717) is 5.69 Å². The van der Waals surface area contributed by atoms with Gasteiger partial charge in [0.1, 0.15) is 6.10 Å². The van der Waals surface area contributed by atoms with Crippen LogP contribution in [-0.4, -0.2) is 20.7 Å². The first-order valence-corrected chi connectivity index (χ1v) is 9.37. The Morgan fingerprint density at radius 3 is 2.44 bits per heavy atom. The van der Waals surface area contributed by atoms with Crippen LogP contribution in [0.15, 0.2) is 60.7 Å². The van der Waals surface area contributed by atoms with Crippen LogP contribution in [0.2, 0.25) is 0 Å². The minimum absolute atomic E-state index is 0.399. The standard InChI is InChI=1S/C20H18N4O2S/c1-13-17(14(2)26-20(25)21-16-11-7-4-8-12-16)27-19-23-22-18(24(13)19)15-9-5-3-6-10-15/h3-12,14H,1-2H3,(H,21,25). The van der Waals surface area contributed by atoms with E-state index >= 15 is 0 Å². The molecule has 0 aliphatic rings. The van der Waals surface area contributed by atoms with Crippen LogP contribution in [0.4, 0.5) is 10.5 Å². The van der Waals surface area contributed by atoms with Crippen LogP contribution in [-0.2, 0) is 4.74 Å². The summed E-state index contributed by atoms with van der Waals surface area (Å²) in [5.41, 5.74) is 2.66. The third-order valence-corrected chi connectivity index (χ3v) is 5.53. The number of fused-ring (bicyclic) bond motifs is 1. The smallest absolute Gasteiger partial charge is 0.412 e. The van der Waals surface area contributed by atoms with E-state index in [9.17, 15) is 4.79 Å². The number of rotatable bonds is 4. The fourth-order valence-corrected chi connectivity index (χ4v) is 4.00. The summed E-state index contributed by atoms with van der Waals surface area (Å²) in [7, 11) is 0. The average molecular weight is 378 g/mol. The molecule has 0 aliphatic heterocycles. The molecule has 4 rings (SSSR count). The molecule has 0 bridgehead atoms. The van der Waals surface area contributed by atoms with Gasteiger partial charge in [-0.25, -0.2) is 4.79 Å². The quantitative estimate of drug-likeness (QED) is 0.538. The number of aryl methyl sites for hydroxylation is 1. The minimum Gasteiger partial charge on any atom is -0.440 e. The molecule has 1 N–H and O–H groups in total. The van der Waals surface area contributed by atoms with Gasteiger partial charge in [-0.05, 0) is 26.0 Å². The first-order valence-electron chi connectivity index (χ1n) is 8.56. The summed E-state index contributed by atoms with van der Waals surface area (Å²) >= 11 is 1.48. The van der Waals surface area contributed by atoms with E-state index in [1.54, 1.807) is 0 Å². The molecule has 0 aliphatic carbocycles. The lowest BCUT2D eigenvalue weighted by Gasteiger charge is -2.13. The molecule has 136 valence electrons. The highest BCUT2D eigenvalue weighted by atomic mass is 32.1. The SMILES string of the molecule is Cc1c(C(C)OC(=O)Nc2ccccc2)sc2nnc(-c3ccccc3)n12. The first kappa shape index (κ1) is 17.2. The van der Waals surface area contributed by atoms with Crippen LogP contribution in [0, 0.1) is 6.92 Å². The second kappa shape index (κ2) is 7.20. The number of aromatic nitrogens is 3. The lowest BCUT2D eigenvalue weighted by Crippen LogP contribution is -2.16. The number of amides is 1. The van der Waals surface area contributed by atoms with E-state index < -0.39 is 12.2 Å². The van der Waals surface area contributed by atoms with Gasteiger partial charge in [-0.2, -0.15) is 0 Å².